The van der Waals surface area contributed by atoms with E-state index in [0.29, 0.717) is 25.0 Å². The van der Waals surface area contributed by atoms with E-state index in [2.05, 4.69) is 17.1 Å². The number of piperidine rings is 1. The molecule has 0 aromatic rings. The first-order valence-corrected chi connectivity index (χ1v) is 9.17. The molecule has 1 heterocycles. The number of halogens is 2. The molecule has 0 aromatic heterocycles. The topological polar surface area (TPSA) is 41.6 Å². The fourth-order valence-corrected chi connectivity index (χ4v) is 3.32. The zero-order valence-corrected chi connectivity index (χ0v) is 15.3. The number of nitrogens with one attached hydrogen (secondary N) is 1. The van der Waals surface area contributed by atoms with Gasteiger partial charge in [0.2, 0.25) is 5.91 Å². The zero-order chi connectivity index (χ0) is 16.8. The van der Waals surface area contributed by atoms with E-state index in [1.165, 1.54) is 19.3 Å². The van der Waals surface area contributed by atoms with Crippen LogP contribution >= 0.6 is 23.2 Å². The van der Waals surface area contributed by atoms with Crippen molar-refractivity contribution < 1.29 is 9.53 Å². The number of carbonyl (C=O) groups excluding carboxylic acids is 1. The summed E-state index contributed by atoms with van der Waals surface area (Å²) in [4.78, 5) is 14.4. The second-order valence-corrected chi connectivity index (χ2v) is 7.37. The van der Waals surface area contributed by atoms with Crippen molar-refractivity contribution in [2.75, 3.05) is 19.7 Å². The Morgan fingerprint density at radius 2 is 2.26 bits per heavy atom. The Bertz CT molecular complexity index is 468. The van der Waals surface area contributed by atoms with Crippen molar-refractivity contribution in [2.45, 2.75) is 55.9 Å². The van der Waals surface area contributed by atoms with E-state index in [1.54, 1.807) is 0 Å². The Kier molecular flexibility index (Phi) is 7.25. The number of rotatable bonds is 6. The lowest BCUT2D eigenvalue weighted by Gasteiger charge is -2.33. The molecule has 1 aliphatic carbocycles. The first-order valence-electron chi connectivity index (χ1n) is 8.30. The van der Waals surface area contributed by atoms with E-state index in [4.69, 9.17) is 27.9 Å². The molecular weight excluding hydrogens is 335 g/mol. The smallest absolute Gasteiger partial charge is 0.234 e. The van der Waals surface area contributed by atoms with E-state index in [-0.39, 0.29) is 22.7 Å². The third-order valence-electron chi connectivity index (χ3n) is 4.30. The summed E-state index contributed by atoms with van der Waals surface area (Å²) in [5.74, 6) is 0.699. The van der Waals surface area contributed by atoms with Gasteiger partial charge in [-0.1, -0.05) is 18.6 Å². The normalized spacial score (nSPS) is 29.7. The quantitative estimate of drug-likeness (QED) is 0.740. The Hall–Kier alpha value is -0.710. The molecule has 0 aromatic carbocycles. The van der Waals surface area contributed by atoms with Gasteiger partial charge in [-0.15, -0.1) is 23.2 Å². The number of amides is 1. The standard InChI is InChI=1S/C17H26Cl2N2O2/c1-12(11-23-15-8-5-7-14(18)17(15)19)20-16(22)10-21-9-4-3-6-13(21)2/h5,7-8,12-14,17H,3-4,6,9-11H2,1-2H3,(H,20,22). The van der Waals surface area contributed by atoms with Crippen LogP contribution in [0, 0.1) is 0 Å². The number of nitrogens with zero attached hydrogens (tertiary/aromatic N) is 1. The van der Waals surface area contributed by atoms with Gasteiger partial charge in [0.15, 0.2) is 0 Å². The second kappa shape index (κ2) is 8.95. The molecule has 130 valence electrons. The largest absolute Gasteiger partial charge is 0.494 e. The summed E-state index contributed by atoms with van der Waals surface area (Å²) >= 11 is 12.3. The van der Waals surface area contributed by atoms with Crippen LogP contribution in [0.1, 0.15) is 33.1 Å². The highest BCUT2D eigenvalue weighted by Crippen LogP contribution is 2.24. The van der Waals surface area contributed by atoms with Crippen molar-refractivity contribution in [1.29, 1.82) is 0 Å². The van der Waals surface area contributed by atoms with Crippen molar-refractivity contribution in [3.63, 3.8) is 0 Å². The van der Waals surface area contributed by atoms with E-state index in [1.807, 2.05) is 25.2 Å². The van der Waals surface area contributed by atoms with Gasteiger partial charge in [0.1, 0.15) is 17.7 Å². The molecule has 2 aliphatic rings. The van der Waals surface area contributed by atoms with Gasteiger partial charge in [0.25, 0.3) is 0 Å². The van der Waals surface area contributed by atoms with Crippen LogP contribution in [0.15, 0.2) is 24.0 Å². The van der Waals surface area contributed by atoms with Crippen molar-refractivity contribution in [3.8, 4) is 0 Å². The predicted molar refractivity (Wildman–Crippen MR) is 94.9 cm³/mol. The molecule has 6 heteroatoms. The van der Waals surface area contributed by atoms with Crippen molar-refractivity contribution in [1.82, 2.24) is 10.2 Å². The molecule has 1 saturated heterocycles. The summed E-state index contributed by atoms with van der Waals surface area (Å²) in [5, 5.41) is 2.36. The lowest BCUT2D eigenvalue weighted by molar-refractivity contribution is -0.124. The summed E-state index contributed by atoms with van der Waals surface area (Å²) in [6.07, 6.45) is 9.09. The van der Waals surface area contributed by atoms with Gasteiger partial charge in [-0.3, -0.25) is 9.69 Å². The molecule has 0 saturated carbocycles. The van der Waals surface area contributed by atoms with Crippen LogP contribution in [-0.2, 0) is 9.53 Å². The highest BCUT2D eigenvalue weighted by atomic mass is 35.5. The van der Waals surface area contributed by atoms with Gasteiger partial charge in [0.05, 0.1) is 18.0 Å². The predicted octanol–water partition coefficient (Wildman–Crippen LogP) is 3.05. The van der Waals surface area contributed by atoms with Crippen LogP contribution in [0.4, 0.5) is 0 Å². The van der Waals surface area contributed by atoms with E-state index in [0.717, 1.165) is 6.54 Å². The molecule has 0 radical (unpaired) electrons. The van der Waals surface area contributed by atoms with E-state index in [9.17, 15) is 4.79 Å². The lowest BCUT2D eigenvalue weighted by Crippen LogP contribution is -2.47. The molecule has 1 N–H and O–H groups in total. The SMILES string of the molecule is CC(COC1=CC=CC(Cl)C1Cl)NC(=O)CN1CCCCC1C. The minimum absolute atomic E-state index is 0.0463. The summed E-state index contributed by atoms with van der Waals surface area (Å²) < 4.78 is 5.70. The first-order chi connectivity index (χ1) is 11.0. The van der Waals surface area contributed by atoms with Crippen LogP contribution in [0.25, 0.3) is 0 Å². The Morgan fingerprint density at radius 1 is 1.48 bits per heavy atom. The number of hydrogen-bond acceptors (Lipinski definition) is 3. The number of alkyl halides is 2. The maximum atomic E-state index is 12.2. The molecule has 4 atom stereocenters. The summed E-state index contributed by atoms with van der Waals surface area (Å²) in [6, 6.07) is 0.407. The van der Waals surface area contributed by atoms with Crippen LogP contribution in [-0.4, -0.2) is 53.3 Å². The highest BCUT2D eigenvalue weighted by Gasteiger charge is 2.24. The van der Waals surface area contributed by atoms with E-state index >= 15 is 0 Å². The summed E-state index contributed by atoms with van der Waals surface area (Å²) in [7, 11) is 0. The number of likely N-dealkylation sites (tertiary alicyclic amines) is 1. The Morgan fingerprint density at radius 3 is 3.00 bits per heavy atom. The fraction of sp³-hybridized carbons (Fsp3) is 0.706. The molecule has 1 fully saturated rings. The molecule has 0 bridgehead atoms. The molecule has 4 nitrogen and oxygen atoms in total. The van der Waals surface area contributed by atoms with Gasteiger partial charge in [0, 0.05) is 6.04 Å². The second-order valence-electron chi connectivity index (χ2n) is 6.39. The molecule has 2 rings (SSSR count). The van der Waals surface area contributed by atoms with Crippen molar-refractivity contribution in [2.24, 2.45) is 0 Å². The lowest BCUT2D eigenvalue weighted by atomic mass is 10.0. The number of allylic oxidation sites excluding steroid dienone is 4. The zero-order valence-electron chi connectivity index (χ0n) is 13.8. The molecular formula is C17H26Cl2N2O2. The average molecular weight is 361 g/mol. The maximum Gasteiger partial charge on any atom is 0.234 e. The minimum Gasteiger partial charge on any atom is -0.494 e. The molecule has 4 unspecified atom stereocenters. The number of carbonyl (C=O) groups is 1. The van der Waals surface area contributed by atoms with Gasteiger partial charge in [-0.25, -0.2) is 0 Å². The van der Waals surface area contributed by atoms with Crippen molar-refractivity contribution >= 4 is 29.1 Å². The van der Waals surface area contributed by atoms with Gasteiger partial charge >= 0.3 is 0 Å². The first kappa shape index (κ1) is 18.6. The Balaban J connectivity index is 1.71. The van der Waals surface area contributed by atoms with Crippen LogP contribution in [0.3, 0.4) is 0 Å². The van der Waals surface area contributed by atoms with Gasteiger partial charge in [-0.2, -0.15) is 0 Å². The minimum atomic E-state index is -0.362. The Labute approximate surface area is 148 Å². The van der Waals surface area contributed by atoms with E-state index < -0.39 is 0 Å². The monoisotopic (exact) mass is 360 g/mol. The third-order valence-corrected chi connectivity index (χ3v) is 5.31. The van der Waals surface area contributed by atoms with Crippen molar-refractivity contribution in [3.05, 3.63) is 24.0 Å². The van der Waals surface area contributed by atoms with Crippen LogP contribution in [0.2, 0.25) is 0 Å². The van der Waals surface area contributed by atoms with Crippen LogP contribution in [0.5, 0.6) is 0 Å². The summed E-state index contributed by atoms with van der Waals surface area (Å²) in [5.41, 5.74) is 0. The fourth-order valence-electron chi connectivity index (χ4n) is 2.89. The molecule has 23 heavy (non-hydrogen) atoms. The molecule has 1 aliphatic heterocycles. The maximum absolute atomic E-state index is 12.2. The van der Waals surface area contributed by atoms with Gasteiger partial charge < -0.3 is 10.1 Å². The van der Waals surface area contributed by atoms with Gasteiger partial charge in [-0.05, 0) is 39.3 Å². The summed E-state index contributed by atoms with van der Waals surface area (Å²) in [6.45, 7) is 5.96. The number of hydrogen-bond donors (Lipinski definition) is 1. The highest BCUT2D eigenvalue weighted by molar-refractivity contribution is 6.32. The molecule has 1 amide bonds. The molecule has 0 spiro atoms. The van der Waals surface area contributed by atoms with Crippen LogP contribution < -0.4 is 5.32 Å². The number of ether oxygens (including phenoxy) is 1. The third kappa shape index (κ3) is 5.70. The average Bonchev–Trinajstić information content (AvgIpc) is 2.51.